The minimum atomic E-state index is 0.479. The number of nitrogens with zero attached hydrogens (tertiary/aromatic N) is 4. The van der Waals surface area contributed by atoms with Gasteiger partial charge in [0.05, 0.1) is 19.8 Å². The number of rotatable bonds is 10. The Morgan fingerprint density at radius 2 is 2.07 bits per heavy atom. The quantitative estimate of drug-likeness (QED) is 0.546. The van der Waals surface area contributed by atoms with Crippen LogP contribution in [0.3, 0.4) is 0 Å². The number of ether oxygens (including phenoxy) is 2. The molecule has 0 bridgehead atoms. The maximum atomic E-state index is 8.63. The van der Waals surface area contributed by atoms with Crippen LogP contribution in [-0.2, 0) is 13.1 Å². The summed E-state index contributed by atoms with van der Waals surface area (Å²) in [6, 6.07) is 13.8. The molecule has 0 aliphatic heterocycles. The van der Waals surface area contributed by atoms with E-state index < -0.39 is 0 Å². The molecule has 7 heteroatoms. The van der Waals surface area contributed by atoms with Crippen molar-refractivity contribution >= 4 is 0 Å². The van der Waals surface area contributed by atoms with E-state index in [4.69, 9.17) is 14.7 Å². The summed E-state index contributed by atoms with van der Waals surface area (Å²) in [5.74, 6) is 2.20. The van der Waals surface area contributed by atoms with Gasteiger partial charge < -0.3 is 14.8 Å². The number of benzene rings is 1. The van der Waals surface area contributed by atoms with E-state index in [1.165, 1.54) is 0 Å². The van der Waals surface area contributed by atoms with Crippen molar-refractivity contribution in [2.45, 2.75) is 25.9 Å². The second kappa shape index (κ2) is 10.1. The van der Waals surface area contributed by atoms with Crippen LogP contribution in [0.15, 0.2) is 55.0 Å². The van der Waals surface area contributed by atoms with Crippen molar-refractivity contribution in [2.75, 3.05) is 13.7 Å². The van der Waals surface area contributed by atoms with Crippen molar-refractivity contribution in [3.05, 3.63) is 66.1 Å². The summed E-state index contributed by atoms with van der Waals surface area (Å²) in [4.78, 5) is 4.43. The zero-order valence-corrected chi connectivity index (χ0v) is 15.8. The van der Waals surface area contributed by atoms with Gasteiger partial charge in [0.15, 0.2) is 17.3 Å². The maximum Gasteiger partial charge on any atom is 0.161 e. The average Bonchev–Trinajstić information content (AvgIpc) is 3.26. The van der Waals surface area contributed by atoms with Gasteiger partial charge in [-0.15, -0.1) is 0 Å². The highest BCUT2D eigenvalue weighted by molar-refractivity contribution is 5.43. The largest absolute Gasteiger partial charge is 0.493 e. The minimum Gasteiger partial charge on any atom is -0.493 e. The number of pyridine rings is 1. The molecular formula is C21H23N5O2. The summed E-state index contributed by atoms with van der Waals surface area (Å²) in [5, 5.41) is 16.3. The molecule has 28 heavy (non-hydrogen) atoms. The van der Waals surface area contributed by atoms with E-state index in [1.54, 1.807) is 24.2 Å². The molecule has 0 radical (unpaired) electrons. The standard InChI is InChI=1S/C21H23N5O2/c1-27-19-8-7-17(14-20(19)28-13-3-2-9-22)15-23-16-18-6-4-10-24-21(18)26-12-5-11-25-26/h4-8,10-12,14,23H,2-3,13,15-16H2,1H3. The number of hydrogen-bond acceptors (Lipinski definition) is 6. The van der Waals surface area contributed by atoms with Crippen LogP contribution in [0.1, 0.15) is 24.0 Å². The second-order valence-corrected chi connectivity index (χ2v) is 6.14. The first kappa shape index (κ1) is 19.4. The maximum absolute atomic E-state index is 8.63. The molecule has 3 aromatic rings. The van der Waals surface area contributed by atoms with Gasteiger partial charge in [-0.05, 0) is 36.2 Å². The van der Waals surface area contributed by atoms with Gasteiger partial charge in [-0.1, -0.05) is 12.1 Å². The van der Waals surface area contributed by atoms with E-state index in [2.05, 4.69) is 21.5 Å². The lowest BCUT2D eigenvalue weighted by Crippen LogP contribution is -2.15. The Kier molecular flexibility index (Phi) is 6.99. The molecule has 0 saturated carbocycles. The number of nitrogens with one attached hydrogen (secondary N) is 1. The van der Waals surface area contributed by atoms with Crippen LogP contribution in [0.5, 0.6) is 11.5 Å². The van der Waals surface area contributed by atoms with Crippen LogP contribution in [0.25, 0.3) is 5.82 Å². The molecule has 0 aliphatic carbocycles. The fraction of sp³-hybridized carbons (Fsp3) is 0.286. The summed E-state index contributed by atoms with van der Waals surface area (Å²) in [6.45, 7) is 1.82. The molecule has 0 amide bonds. The third-order valence-corrected chi connectivity index (χ3v) is 4.15. The van der Waals surface area contributed by atoms with Gasteiger partial charge in [0.2, 0.25) is 0 Å². The Balaban J connectivity index is 1.62. The predicted molar refractivity (Wildman–Crippen MR) is 105 cm³/mol. The molecule has 0 unspecified atom stereocenters. The van der Waals surface area contributed by atoms with Crippen molar-refractivity contribution in [3.63, 3.8) is 0 Å². The highest BCUT2D eigenvalue weighted by Gasteiger charge is 2.08. The van der Waals surface area contributed by atoms with Gasteiger partial charge in [0, 0.05) is 43.7 Å². The number of unbranched alkanes of at least 4 members (excludes halogenated alkanes) is 1. The number of aromatic nitrogens is 3. The van der Waals surface area contributed by atoms with Crippen molar-refractivity contribution in [2.24, 2.45) is 0 Å². The second-order valence-electron chi connectivity index (χ2n) is 6.14. The van der Waals surface area contributed by atoms with E-state index in [0.717, 1.165) is 16.9 Å². The summed E-state index contributed by atoms with van der Waals surface area (Å²) in [7, 11) is 1.62. The summed E-state index contributed by atoms with van der Waals surface area (Å²) < 4.78 is 12.9. The van der Waals surface area contributed by atoms with E-state index >= 15 is 0 Å². The summed E-state index contributed by atoms with van der Waals surface area (Å²) in [5.41, 5.74) is 2.15. The van der Waals surface area contributed by atoms with Crippen molar-refractivity contribution in [1.29, 1.82) is 5.26 Å². The number of hydrogen-bond donors (Lipinski definition) is 1. The Morgan fingerprint density at radius 3 is 2.86 bits per heavy atom. The first-order valence-electron chi connectivity index (χ1n) is 9.13. The predicted octanol–water partition coefficient (Wildman–Crippen LogP) is 3.25. The Labute approximate surface area is 164 Å². The van der Waals surface area contributed by atoms with Crippen LogP contribution in [0.2, 0.25) is 0 Å². The zero-order chi connectivity index (χ0) is 19.6. The van der Waals surface area contributed by atoms with Gasteiger partial charge in [-0.3, -0.25) is 0 Å². The van der Waals surface area contributed by atoms with Gasteiger partial charge in [-0.25, -0.2) is 9.67 Å². The van der Waals surface area contributed by atoms with Crippen molar-refractivity contribution < 1.29 is 9.47 Å². The molecular weight excluding hydrogens is 354 g/mol. The number of methoxy groups -OCH3 is 1. The molecule has 144 valence electrons. The number of nitriles is 1. The lowest BCUT2D eigenvalue weighted by Gasteiger charge is -2.13. The van der Waals surface area contributed by atoms with E-state index in [0.29, 0.717) is 44.0 Å². The highest BCUT2D eigenvalue weighted by atomic mass is 16.5. The van der Waals surface area contributed by atoms with Crippen LogP contribution < -0.4 is 14.8 Å². The molecule has 7 nitrogen and oxygen atoms in total. The highest BCUT2D eigenvalue weighted by Crippen LogP contribution is 2.28. The molecule has 0 fully saturated rings. The van der Waals surface area contributed by atoms with Crippen molar-refractivity contribution in [3.8, 4) is 23.4 Å². The molecule has 0 atom stereocenters. The lowest BCUT2D eigenvalue weighted by molar-refractivity contribution is 0.290. The molecule has 3 rings (SSSR count). The SMILES string of the molecule is COc1ccc(CNCc2cccnc2-n2cccn2)cc1OCCCC#N. The van der Waals surface area contributed by atoms with Crippen LogP contribution in [0, 0.1) is 11.3 Å². The molecule has 2 aromatic heterocycles. The Bertz CT molecular complexity index is 919. The third-order valence-electron chi connectivity index (χ3n) is 4.15. The normalized spacial score (nSPS) is 10.4. The summed E-state index contributed by atoms with van der Waals surface area (Å²) >= 11 is 0. The van der Waals surface area contributed by atoms with Gasteiger partial charge in [0.25, 0.3) is 0 Å². The minimum absolute atomic E-state index is 0.479. The van der Waals surface area contributed by atoms with Gasteiger partial charge >= 0.3 is 0 Å². The monoisotopic (exact) mass is 377 g/mol. The molecule has 1 aromatic carbocycles. The van der Waals surface area contributed by atoms with Gasteiger partial charge in [0.1, 0.15) is 0 Å². The molecule has 1 N–H and O–H groups in total. The molecule has 0 saturated heterocycles. The topological polar surface area (TPSA) is 85.0 Å². The van der Waals surface area contributed by atoms with E-state index in [-0.39, 0.29) is 0 Å². The fourth-order valence-electron chi connectivity index (χ4n) is 2.79. The third kappa shape index (κ3) is 5.09. The molecule has 0 aliphatic rings. The van der Waals surface area contributed by atoms with Crippen molar-refractivity contribution in [1.82, 2.24) is 20.1 Å². The summed E-state index contributed by atoms with van der Waals surface area (Å²) in [6.07, 6.45) is 6.55. The van der Waals surface area contributed by atoms with Gasteiger partial charge in [-0.2, -0.15) is 10.4 Å². The van der Waals surface area contributed by atoms with Crippen LogP contribution in [-0.4, -0.2) is 28.5 Å². The first-order valence-corrected chi connectivity index (χ1v) is 9.13. The lowest BCUT2D eigenvalue weighted by atomic mass is 10.2. The van der Waals surface area contributed by atoms with Crippen LogP contribution >= 0.6 is 0 Å². The molecule has 0 spiro atoms. The average molecular weight is 377 g/mol. The zero-order valence-electron chi connectivity index (χ0n) is 15.8. The fourth-order valence-corrected chi connectivity index (χ4v) is 2.79. The van der Waals surface area contributed by atoms with E-state index in [1.807, 2.05) is 42.6 Å². The van der Waals surface area contributed by atoms with Crippen LogP contribution in [0.4, 0.5) is 0 Å². The van der Waals surface area contributed by atoms with E-state index in [9.17, 15) is 0 Å². The molecule has 2 heterocycles. The first-order chi connectivity index (χ1) is 13.8. The Morgan fingerprint density at radius 1 is 1.14 bits per heavy atom. The smallest absolute Gasteiger partial charge is 0.161 e. The Hall–Kier alpha value is -3.37.